The van der Waals surface area contributed by atoms with E-state index in [9.17, 15) is 14.4 Å². The zero-order valence-corrected chi connectivity index (χ0v) is 16.6. The lowest BCUT2D eigenvalue weighted by Gasteiger charge is -2.15. The van der Waals surface area contributed by atoms with Gasteiger partial charge in [-0.15, -0.1) is 0 Å². The van der Waals surface area contributed by atoms with Crippen molar-refractivity contribution in [3.63, 3.8) is 0 Å². The number of hydrogen-bond acceptors (Lipinski definition) is 4. The maximum Gasteiger partial charge on any atom is 0.338 e. The van der Waals surface area contributed by atoms with Gasteiger partial charge in [-0.1, -0.05) is 13.3 Å². The second-order valence-electron chi connectivity index (χ2n) is 6.34. The fourth-order valence-electron chi connectivity index (χ4n) is 2.49. The van der Waals surface area contributed by atoms with E-state index in [-0.39, 0.29) is 0 Å². The van der Waals surface area contributed by atoms with Crippen molar-refractivity contribution in [3.8, 4) is 0 Å². The highest BCUT2D eigenvalue weighted by molar-refractivity contribution is 6.39. The first kappa shape index (κ1) is 22.6. The van der Waals surface area contributed by atoms with E-state index in [1.807, 2.05) is 6.92 Å². The van der Waals surface area contributed by atoms with E-state index < -0.39 is 17.8 Å². The fourth-order valence-corrected chi connectivity index (χ4v) is 2.49. The van der Waals surface area contributed by atoms with Crippen molar-refractivity contribution in [1.82, 2.24) is 5.32 Å². The van der Waals surface area contributed by atoms with Crippen molar-refractivity contribution in [2.24, 2.45) is 0 Å². The molecule has 0 aliphatic carbocycles. The number of quaternary nitrogens is 1. The van der Waals surface area contributed by atoms with Crippen LogP contribution in [0.3, 0.4) is 0 Å². The highest BCUT2D eigenvalue weighted by Crippen LogP contribution is 2.10. The lowest BCUT2D eigenvalue weighted by molar-refractivity contribution is -0.896. The number of unbranched alkanes of at least 4 members (excludes halogenated alkanes) is 1. The number of amides is 2. The lowest BCUT2D eigenvalue weighted by atomic mass is 10.2. The molecular weight excluding hydrogens is 346 g/mol. The molecule has 0 saturated carbocycles. The van der Waals surface area contributed by atoms with Crippen LogP contribution in [0.1, 0.15) is 50.4 Å². The second kappa shape index (κ2) is 12.9. The van der Waals surface area contributed by atoms with Gasteiger partial charge in [-0.05, 0) is 44.5 Å². The summed E-state index contributed by atoms with van der Waals surface area (Å²) in [5, 5.41) is 5.15. The van der Waals surface area contributed by atoms with Gasteiger partial charge in [0.25, 0.3) is 0 Å². The van der Waals surface area contributed by atoms with Gasteiger partial charge in [0.05, 0.1) is 31.8 Å². The average Bonchev–Trinajstić information content (AvgIpc) is 2.68. The summed E-state index contributed by atoms with van der Waals surface area (Å²) in [6.45, 7) is 10.2. The monoisotopic (exact) mass is 378 g/mol. The lowest BCUT2D eigenvalue weighted by Crippen LogP contribution is -3.11. The number of carbonyl (C=O) groups is 3. The Morgan fingerprint density at radius 2 is 1.63 bits per heavy atom. The van der Waals surface area contributed by atoms with Gasteiger partial charge in [-0.3, -0.25) is 9.59 Å². The molecule has 0 spiro atoms. The van der Waals surface area contributed by atoms with Crippen LogP contribution in [0.2, 0.25) is 0 Å². The second-order valence-corrected chi connectivity index (χ2v) is 6.34. The molecule has 0 unspecified atom stereocenters. The molecule has 0 bridgehead atoms. The standard InChI is InChI=1S/C20H31N3O4/c1-4-7-15-27-20(26)16-9-11-17(12-10-16)22-19(25)18(24)21-13-8-14-23(5-2)6-3/h9-12H,4-8,13-15H2,1-3H3,(H,21,24)(H,22,25)/p+1. The number of rotatable bonds is 11. The van der Waals surface area contributed by atoms with Crippen molar-refractivity contribution in [3.05, 3.63) is 29.8 Å². The van der Waals surface area contributed by atoms with Crippen LogP contribution in [0.4, 0.5) is 5.69 Å². The van der Waals surface area contributed by atoms with Crippen LogP contribution in [-0.2, 0) is 14.3 Å². The highest BCUT2D eigenvalue weighted by Gasteiger charge is 2.14. The van der Waals surface area contributed by atoms with E-state index in [0.717, 1.165) is 38.9 Å². The summed E-state index contributed by atoms with van der Waals surface area (Å²) in [6, 6.07) is 6.28. The van der Waals surface area contributed by atoms with Crippen LogP contribution >= 0.6 is 0 Å². The molecule has 0 saturated heterocycles. The molecule has 0 fully saturated rings. The Hall–Kier alpha value is -2.41. The summed E-state index contributed by atoms with van der Waals surface area (Å²) in [5.74, 6) is -1.77. The van der Waals surface area contributed by atoms with E-state index in [0.29, 0.717) is 24.4 Å². The predicted octanol–water partition coefficient (Wildman–Crippen LogP) is 1.01. The normalized spacial score (nSPS) is 10.5. The molecule has 0 heterocycles. The Bertz CT molecular complexity index is 598. The molecule has 0 aliphatic rings. The van der Waals surface area contributed by atoms with Gasteiger partial charge in [-0.2, -0.15) is 0 Å². The van der Waals surface area contributed by atoms with Crippen molar-refractivity contribution in [2.75, 3.05) is 38.1 Å². The highest BCUT2D eigenvalue weighted by atomic mass is 16.5. The molecule has 7 nitrogen and oxygen atoms in total. The minimum atomic E-state index is -0.719. The molecule has 1 rings (SSSR count). The maximum atomic E-state index is 11.9. The van der Waals surface area contributed by atoms with Crippen LogP contribution < -0.4 is 15.5 Å². The van der Waals surface area contributed by atoms with Gasteiger partial charge < -0.3 is 20.3 Å². The molecule has 0 atom stereocenters. The average molecular weight is 378 g/mol. The van der Waals surface area contributed by atoms with E-state index >= 15 is 0 Å². The molecule has 0 aliphatic heterocycles. The maximum absolute atomic E-state index is 11.9. The van der Waals surface area contributed by atoms with Gasteiger partial charge >= 0.3 is 17.8 Å². The van der Waals surface area contributed by atoms with Crippen LogP contribution in [0.25, 0.3) is 0 Å². The molecule has 2 amide bonds. The molecule has 150 valence electrons. The number of benzene rings is 1. The van der Waals surface area contributed by atoms with E-state index in [1.165, 1.54) is 4.90 Å². The van der Waals surface area contributed by atoms with E-state index in [4.69, 9.17) is 4.74 Å². The Balaban J connectivity index is 2.38. The van der Waals surface area contributed by atoms with Crippen molar-refractivity contribution in [2.45, 2.75) is 40.0 Å². The predicted molar refractivity (Wildman–Crippen MR) is 105 cm³/mol. The first-order chi connectivity index (χ1) is 13.0. The number of ether oxygens (including phenoxy) is 1. The number of hydrogen-bond donors (Lipinski definition) is 3. The number of nitrogens with one attached hydrogen (secondary N) is 3. The van der Waals surface area contributed by atoms with Gasteiger partial charge in [0, 0.05) is 18.7 Å². The minimum absolute atomic E-state index is 0.393. The SMILES string of the molecule is CCCCOC(=O)c1ccc(NC(=O)C(=O)NCCC[NH+](CC)CC)cc1. The Morgan fingerprint density at radius 1 is 0.963 bits per heavy atom. The third-order valence-electron chi connectivity index (χ3n) is 4.31. The molecule has 0 radical (unpaired) electrons. The van der Waals surface area contributed by atoms with Gasteiger partial charge in [-0.25, -0.2) is 4.79 Å². The van der Waals surface area contributed by atoms with E-state index in [1.54, 1.807) is 24.3 Å². The zero-order valence-electron chi connectivity index (χ0n) is 16.6. The zero-order chi connectivity index (χ0) is 20.1. The van der Waals surface area contributed by atoms with Crippen molar-refractivity contribution in [1.29, 1.82) is 0 Å². The first-order valence-electron chi connectivity index (χ1n) is 9.71. The first-order valence-corrected chi connectivity index (χ1v) is 9.71. The Kier molecular flexibility index (Phi) is 10.8. The smallest absolute Gasteiger partial charge is 0.338 e. The number of esters is 1. The van der Waals surface area contributed by atoms with Crippen LogP contribution in [-0.4, -0.2) is 50.6 Å². The molecule has 0 aromatic heterocycles. The Morgan fingerprint density at radius 3 is 2.22 bits per heavy atom. The summed E-state index contributed by atoms with van der Waals surface area (Å²) >= 11 is 0. The largest absolute Gasteiger partial charge is 0.462 e. The van der Waals surface area contributed by atoms with Crippen molar-refractivity contribution >= 4 is 23.5 Å². The fraction of sp³-hybridized carbons (Fsp3) is 0.550. The topological polar surface area (TPSA) is 88.9 Å². The molecule has 1 aromatic rings. The summed E-state index contributed by atoms with van der Waals surface area (Å²) in [4.78, 5) is 37.1. The summed E-state index contributed by atoms with van der Waals surface area (Å²) in [6.07, 6.45) is 2.60. The molecular formula is C20H32N3O4+. The molecule has 27 heavy (non-hydrogen) atoms. The van der Waals surface area contributed by atoms with Gasteiger partial charge in [0.2, 0.25) is 0 Å². The van der Waals surface area contributed by atoms with Gasteiger partial charge in [0.15, 0.2) is 0 Å². The number of anilines is 1. The third-order valence-corrected chi connectivity index (χ3v) is 4.31. The van der Waals surface area contributed by atoms with Crippen LogP contribution in [0.15, 0.2) is 24.3 Å². The van der Waals surface area contributed by atoms with E-state index in [2.05, 4.69) is 24.5 Å². The molecule has 1 aromatic carbocycles. The summed E-state index contributed by atoms with van der Waals surface area (Å²) in [7, 11) is 0. The van der Waals surface area contributed by atoms with Gasteiger partial charge in [0.1, 0.15) is 0 Å². The Labute approximate surface area is 161 Å². The van der Waals surface area contributed by atoms with Crippen LogP contribution in [0, 0.1) is 0 Å². The quantitative estimate of drug-likeness (QED) is 0.305. The molecule has 3 N–H and O–H groups in total. The number of carbonyl (C=O) groups excluding carboxylic acids is 3. The third kappa shape index (κ3) is 8.68. The molecule has 7 heteroatoms. The summed E-state index contributed by atoms with van der Waals surface area (Å²) < 4.78 is 5.12. The minimum Gasteiger partial charge on any atom is -0.462 e. The van der Waals surface area contributed by atoms with Crippen LogP contribution in [0.5, 0.6) is 0 Å². The van der Waals surface area contributed by atoms with Crippen molar-refractivity contribution < 1.29 is 24.0 Å². The summed E-state index contributed by atoms with van der Waals surface area (Å²) in [5.41, 5.74) is 0.861.